The molecule has 1 fully saturated rings. The fourth-order valence-electron chi connectivity index (χ4n) is 4.93. The third-order valence-electron chi connectivity index (χ3n) is 7.03. The van der Waals surface area contributed by atoms with Crippen molar-refractivity contribution in [3.05, 3.63) is 100 Å². The average molecular weight is 631 g/mol. The second-order valence-corrected chi connectivity index (χ2v) is 12.9. The molecule has 0 heterocycles. The van der Waals surface area contributed by atoms with Crippen LogP contribution < -0.4 is 9.62 Å². The van der Waals surface area contributed by atoms with Gasteiger partial charge < -0.3 is 10.2 Å². The Kier molecular flexibility index (Phi) is 9.97. The zero-order valence-corrected chi connectivity index (χ0v) is 24.7. The topological polar surface area (TPSA) is 86.8 Å². The maximum absolute atomic E-state index is 14.0. The van der Waals surface area contributed by atoms with Gasteiger partial charge in [0.25, 0.3) is 0 Å². The summed E-state index contributed by atoms with van der Waals surface area (Å²) in [4.78, 5) is 29.3. The lowest BCUT2D eigenvalue weighted by molar-refractivity contribution is -0.140. The number of hydrogen-bond acceptors (Lipinski definition) is 4. The molecular weight excluding hydrogens is 597 g/mol. The molecule has 0 aromatic heterocycles. The summed E-state index contributed by atoms with van der Waals surface area (Å²) in [5.74, 6) is -1.33. The Labute approximate surface area is 243 Å². The zero-order chi connectivity index (χ0) is 28.7. The highest BCUT2D eigenvalue weighted by Gasteiger charge is 2.34. The van der Waals surface area contributed by atoms with E-state index in [0.29, 0.717) is 0 Å². The number of rotatable bonds is 11. The van der Waals surface area contributed by atoms with Gasteiger partial charge in [-0.15, -0.1) is 0 Å². The number of nitrogens with zero attached hydrogens (tertiary/aromatic N) is 2. The van der Waals surface area contributed by atoms with Crippen molar-refractivity contribution in [1.29, 1.82) is 0 Å². The summed E-state index contributed by atoms with van der Waals surface area (Å²) in [6, 6.07) is 20.9. The summed E-state index contributed by atoms with van der Waals surface area (Å²) in [5.41, 5.74) is 1.83. The highest BCUT2D eigenvalue weighted by Crippen LogP contribution is 2.23. The van der Waals surface area contributed by atoms with Crippen LogP contribution >= 0.6 is 15.9 Å². The van der Waals surface area contributed by atoms with E-state index in [0.717, 1.165) is 64.0 Å². The number of carbonyl (C=O) groups excluding carboxylic acids is 2. The SMILES string of the molecule is CS(=O)(=O)N(CC(=O)N(Cc1ccc(Br)cc1)[C@@H](Cc1ccccc1)C(=O)NC1CCCC1)c1ccc(F)cc1. The van der Waals surface area contributed by atoms with E-state index in [1.54, 1.807) is 0 Å². The molecular formula is C30H33BrFN3O4S. The number of carbonyl (C=O) groups is 2. The largest absolute Gasteiger partial charge is 0.352 e. The highest BCUT2D eigenvalue weighted by atomic mass is 79.9. The van der Waals surface area contributed by atoms with Gasteiger partial charge in [-0.3, -0.25) is 13.9 Å². The first-order chi connectivity index (χ1) is 19.1. The van der Waals surface area contributed by atoms with Crippen LogP contribution in [0.3, 0.4) is 0 Å². The molecule has 10 heteroatoms. The fourth-order valence-corrected chi connectivity index (χ4v) is 6.04. The predicted octanol–water partition coefficient (Wildman–Crippen LogP) is 5.05. The van der Waals surface area contributed by atoms with Gasteiger partial charge in [0, 0.05) is 23.5 Å². The number of nitrogens with one attached hydrogen (secondary N) is 1. The van der Waals surface area contributed by atoms with Gasteiger partial charge in [-0.05, 0) is 60.4 Å². The Bertz CT molecular complexity index is 1400. The monoisotopic (exact) mass is 629 g/mol. The maximum atomic E-state index is 14.0. The first-order valence-corrected chi connectivity index (χ1v) is 15.9. The van der Waals surface area contributed by atoms with Crippen molar-refractivity contribution in [2.45, 2.75) is 50.7 Å². The van der Waals surface area contributed by atoms with Crippen molar-refractivity contribution in [3.8, 4) is 0 Å². The van der Waals surface area contributed by atoms with Gasteiger partial charge >= 0.3 is 0 Å². The lowest BCUT2D eigenvalue weighted by Crippen LogP contribution is -2.54. The average Bonchev–Trinajstić information content (AvgIpc) is 3.44. The molecule has 2 amide bonds. The third-order valence-corrected chi connectivity index (χ3v) is 8.70. The minimum atomic E-state index is -3.90. The van der Waals surface area contributed by atoms with Crippen LogP contribution in [0.4, 0.5) is 10.1 Å². The van der Waals surface area contributed by atoms with E-state index in [-0.39, 0.29) is 30.6 Å². The van der Waals surface area contributed by atoms with E-state index in [2.05, 4.69) is 21.2 Å². The van der Waals surface area contributed by atoms with Crippen LogP contribution in [-0.4, -0.2) is 50.0 Å². The molecule has 212 valence electrons. The normalized spacial score (nSPS) is 14.5. The number of halogens is 2. The van der Waals surface area contributed by atoms with Gasteiger partial charge in [-0.25, -0.2) is 12.8 Å². The van der Waals surface area contributed by atoms with Crippen LogP contribution in [0.25, 0.3) is 0 Å². The van der Waals surface area contributed by atoms with Crippen LogP contribution in [0.15, 0.2) is 83.3 Å². The Morgan fingerprint density at radius 3 is 2.17 bits per heavy atom. The molecule has 1 N–H and O–H groups in total. The molecule has 1 aliphatic carbocycles. The Hall–Kier alpha value is -3.24. The molecule has 0 aliphatic heterocycles. The molecule has 3 aromatic carbocycles. The van der Waals surface area contributed by atoms with Crippen molar-refractivity contribution < 1.29 is 22.4 Å². The van der Waals surface area contributed by atoms with Crippen molar-refractivity contribution in [3.63, 3.8) is 0 Å². The molecule has 1 aliphatic rings. The molecule has 1 saturated carbocycles. The molecule has 0 unspecified atom stereocenters. The predicted molar refractivity (Wildman–Crippen MR) is 158 cm³/mol. The third kappa shape index (κ3) is 8.14. The van der Waals surface area contributed by atoms with Gasteiger partial charge in [0.2, 0.25) is 21.8 Å². The molecule has 40 heavy (non-hydrogen) atoms. The summed E-state index contributed by atoms with van der Waals surface area (Å²) in [5, 5.41) is 3.14. The van der Waals surface area contributed by atoms with E-state index in [1.165, 1.54) is 17.0 Å². The molecule has 0 radical (unpaired) electrons. The number of anilines is 1. The lowest BCUT2D eigenvalue weighted by atomic mass is 10.0. The summed E-state index contributed by atoms with van der Waals surface area (Å²) < 4.78 is 40.9. The van der Waals surface area contributed by atoms with Crippen LogP contribution in [-0.2, 0) is 32.6 Å². The van der Waals surface area contributed by atoms with Gasteiger partial charge in [-0.1, -0.05) is 71.2 Å². The molecule has 7 nitrogen and oxygen atoms in total. The Morgan fingerprint density at radius 1 is 0.950 bits per heavy atom. The fraction of sp³-hybridized carbons (Fsp3) is 0.333. The van der Waals surface area contributed by atoms with E-state index in [4.69, 9.17) is 0 Å². The summed E-state index contributed by atoms with van der Waals surface area (Å²) in [7, 11) is -3.90. The van der Waals surface area contributed by atoms with Gasteiger partial charge in [0.1, 0.15) is 18.4 Å². The van der Waals surface area contributed by atoms with E-state index in [1.807, 2.05) is 54.6 Å². The quantitative estimate of drug-likeness (QED) is 0.321. The summed E-state index contributed by atoms with van der Waals surface area (Å²) in [6.45, 7) is -0.439. The first-order valence-electron chi connectivity index (χ1n) is 13.2. The van der Waals surface area contributed by atoms with Crippen LogP contribution in [0, 0.1) is 5.82 Å². The van der Waals surface area contributed by atoms with E-state index in [9.17, 15) is 22.4 Å². The lowest BCUT2D eigenvalue weighted by Gasteiger charge is -2.34. The Balaban J connectivity index is 1.71. The second kappa shape index (κ2) is 13.4. The summed E-state index contributed by atoms with van der Waals surface area (Å²) >= 11 is 3.43. The zero-order valence-electron chi connectivity index (χ0n) is 22.3. The smallest absolute Gasteiger partial charge is 0.244 e. The first kappa shape index (κ1) is 29.7. The molecule has 3 aromatic rings. The standard InChI is InChI=1S/C30H33BrFN3O4S/c1-40(38,39)35(27-17-15-25(32)16-18-27)21-29(36)34(20-23-11-13-24(31)14-12-23)28(19-22-7-3-2-4-8-22)30(37)33-26-9-5-6-10-26/h2-4,7-8,11-18,26,28H,5-6,9-10,19-21H2,1H3,(H,33,37)/t28-/m0/s1. The van der Waals surface area contributed by atoms with Gasteiger partial charge in [0.15, 0.2) is 0 Å². The van der Waals surface area contributed by atoms with Crippen LogP contribution in [0.1, 0.15) is 36.8 Å². The molecule has 1 atom stereocenters. The molecule has 0 saturated heterocycles. The molecule has 0 bridgehead atoms. The van der Waals surface area contributed by atoms with Crippen molar-refractivity contribution in [1.82, 2.24) is 10.2 Å². The molecule has 4 rings (SSSR count). The number of benzene rings is 3. The van der Waals surface area contributed by atoms with Crippen LogP contribution in [0.2, 0.25) is 0 Å². The van der Waals surface area contributed by atoms with E-state index < -0.39 is 34.3 Å². The number of amides is 2. The minimum absolute atomic E-state index is 0.0436. The van der Waals surface area contributed by atoms with Crippen molar-refractivity contribution in [2.75, 3.05) is 17.1 Å². The Morgan fingerprint density at radius 2 is 1.57 bits per heavy atom. The van der Waals surface area contributed by atoms with Crippen molar-refractivity contribution >= 4 is 43.5 Å². The number of sulfonamides is 1. The van der Waals surface area contributed by atoms with Crippen molar-refractivity contribution in [2.24, 2.45) is 0 Å². The minimum Gasteiger partial charge on any atom is -0.352 e. The summed E-state index contributed by atoms with van der Waals surface area (Å²) in [6.07, 6.45) is 5.11. The van der Waals surface area contributed by atoms with E-state index >= 15 is 0 Å². The highest BCUT2D eigenvalue weighted by molar-refractivity contribution is 9.10. The van der Waals surface area contributed by atoms with Gasteiger partial charge in [-0.2, -0.15) is 0 Å². The molecule has 0 spiro atoms. The number of hydrogen-bond donors (Lipinski definition) is 1. The maximum Gasteiger partial charge on any atom is 0.244 e. The second-order valence-electron chi connectivity index (χ2n) is 10.1. The van der Waals surface area contributed by atoms with Crippen LogP contribution in [0.5, 0.6) is 0 Å². The van der Waals surface area contributed by atoms with Gasteiger partial charge in [0.05, 0.1) is 11.9 Å².